The van der Waals surface area contributed by atoms with E-state index in [9.17, 15) is 10.1 Å². The molecule has 0 spiro atoms. The molecular formula is C13H18N4O2. The predicted octanol–water partition coefficient (Wildman–Crippen LogP) is 1.42. The van der Waals surface area contributed by atoms with Crippen molar-refractivity contribution in [1.29, 1.82) is 0 Å². The highest BCUT2D eigenvalue weighted by atomic mass is 16.6. The van der Waals surface area contributed by atoms with Crippen molar-refractivity contribution in [2.45, 2.75) is 19.4 Å². The number of aromatic nitrogens is 1. The van der Waals surface area contributed by atoms with Gasteiger partial charge in [-0.1, -0.05) is 0 Å². The van der Waals surface area contributed by atoms with Gasteiger partial charge in [-0.3, -0.25) is 10.1 Å². The predicted molar refractivity (Wildman–Crippen MR) is 72.2 cm³/mol. The van der Waals surface area contributed by atoms with E-state index in [1.165, 1.54) is 12.3 Å². The Bertz CT molecular complexity index is 500. The zero-order valence-electron chi connectivity index (χ0n) is 11.2. The molecule has 2 saturated heterocycles. The van der Waals surface area contributed by atoms with Crippen LogP contribution in [0.25, 0.3) is 0 Å². The maximum Gasteiger partial charge on any atom is 0.287 e. The average molecular weight is 262 g/mol. The van der Waals surface area contributed by atoms with Crippen molar-refractivity contribution in [2.24, 2.45) is 11.8 Å². The van der Waals surface area contributed by atoms with E-state index in [0.29, 0.717) is 11.8 Å². The second-order valence-electron chi connectivity index (χ2n) is 5.92. The summed E-state index contributed by atoms with van der Waals surface area (Å²) < 4.78 is 0. The third kappa shape index (κ3) is 1.87. The topological polar surface area (TPSA) is 71.3 Å². The first-order chi connectivity index (χ1) is 9.00. The molecule has 1 aromatic heterocycles. The summed E-state index contributed by atoms with van der Waals surface area (Å²) in [5.74, 6) is 2.10. The molecule has 6 nitrogen and oxygen atoms in total. The molecule has 0 amide bonds. The van der Waals surface area contributed by atoms with E-state index in [0.717, 1.165) is 25.5 Å². The molecule has 6 heteroatoms. The summed E-state index contributed by atoms with van der Waals surface area (Å²) >= 11 is 0. The molecule has 0 saturated carbocycles. The van der Waals surface area contributed by atoms with Gasteiger partial charge in [0.25, 0.3) is 5.69 Å². The molecule has 102 valence electrons. The van der Waals surface area contributed by atoms with E-state index in [1.807, 2.05) is 0 Å². The van der Waals surface area contributed by atoms with E-state index < -0.39 is 4.92 Å². The lowest BCUT2D eigenvalue weighted by atomic mass is 9.85. The van der Waals surface area contributed by atoms with Gasteiger partial charge in [0.05, 0.1) is 4.92 Å². The zero-order chi connectivity index (χ0) is 13.6. The number of nitrogens with one attached hydrogen (secondary N) is 1. The number of rotatable bonds is 2. The van der Waals surface area contributed by atoms with Gasteiger partial charge in [-0.15, -0.1) is 0 Å². The van der Waals surface area contributed by atoms with Gasteiger partial charge in [-0.25, -0.2) is 4.98 Å². The second kappa shape index (κ2) is 4.16. The molecule has 0 aliphatic carbocycles. The van der Waals surface area contributed by atoms with E-state index in [4.69, 9.17) is 0 Å². The third-order valence-corrected chi connectivity index (χ3v) is 4.58. The first-order valence-corrected chi connectivity index (χ1v) is 6.59. The number of hydrogen-bond donors (Lipinski definition) is 1. The Labute approximate surface area is 112 Å². The standard InChI is InChI=1S/C13H18N4O2/c1-13(2)11-7-14-5-9(11)8-16(13)12-4-3-10(6-15-12)17(18)19/h3-4,6,9,11,14H,5,7-8H2,1-2H3. The SMILES string of the molecule is CC1(C)C2CNCC2CN1c1ccc([N+](=O)[O-])cn1. The van der Waals surface area contributed by atoms with Crippen LogP contribution in [0.1, 0.15) is 13.8 Å². The van der Waals surface area contributed by atoms with Crippen LogP contribution in [0.3, 0.4) is 0 Å². The van der Waals surface area contributed by atoms with Crippen molar-refractivity contribution in [3.63, 3.8) is 0 Å². The highest BCUT2D eigenvalue weighted by Crippen LogP contribution is 2.42. The smallest absolute Gasteiger partial charge is 0.287 e. The number of pyridine rings is 1. The highest BCUT2D eigenvalue weighted by Gasteiger charge is 2.49. The van der Waals surface area contributed by atoms with Gasteiger partial charge >= 0.3 is 0 Å². The van der Waals surface area contributed by atoms with Crippen molar-refractivity contribution >= 4 is 11.5 Å². The molecule has 2 aliphatic heterocycles. The molecule has 0 radical (unpaired) electrons. The van der Waals surface area contributed by atoms with E-state index >= 15 is 0 Å². The maximum atomic E-state index is 10.7. The summed E-state index contributed by atoms with van der Waals surface area (Å²) in [6.45, 7) is 7.52. The molecular weight excluding hydrogens is 244 g/mol. The maximum absolute atomic E-state index is 10.7. The minimum absolute atomic E-state index is 0.0390. The second-order valence-corrected chi connectivity index (χ2v) is 5.92. The van der Waals surface area contributed by atoms with E-state index in [1.54, 1.807) is 6.07 Å². The minimum Gasteiger partial charge on any atom is -0.351 e. The van der Waals surface area contributed by atoms with Crippen LogP contribution in [-0.4, -0.2) is 35.1 Å². The summed E-state index contributed by atoms with van der Waals surface area (Å²) in [5.41, 5.74) is 0.0831. The highest BCUT2D eigenvalue weighted by molar-refractivity contribution is 5.47. The molecule has 2 unspecified atom stereocenters. The Morgan fingerprint density at radius 2 is 2.26 bits per heavy atom. The Balaban J connectivity index is 1.88. The summed E-state index contributed by atoms with van der Waals surface area (Å²) in [4.78, 5) is 16.8. The molecule has 19 heavy (non-hydrogen) atoms. The van der Waals surface area contributed by atoms with Gasteiger partial charge in [-0.2, -0.15) is 0 Å². The Kier molecular flexibility index (Phi) is 2.70. The summed E-state index contributed by atoms with van der Waals surface area (Å²) in [7, 11) is 0. The van der Waals surface area contributed by atoms with Crippen LogP contribution >= 0.6 is 0 Å². The Hall–Kier alpha value is -1.69. The molecule has 1 aromatic rings. The van der Waals surface area contributed by atoms with Gasteiger partial charge in [0.15, 0.2) is 0 Å². The average Bonchev–Trinajstić information content (AvgIpc) is 2.92. The molecule has 1 N–H and O–H groups in total. The zero-order valence-corrected chi connectivity index (χ0v) is 11.2. The molecule has 2 atom stereocenters. The molecule has 3 heterocycles. The monoisotopic (exact) mass is 262 g/mol. The van der Waals surface area contributed by atoms with Crippen LogP contribution in [0.5, 0.6) is 0 Å². The van der Waals surface area contributed by atoms with Gasteiger partial charge in [0, 0.05) is 31.2 Å². The molecule has 0 aromatic carbocycles. The number of hydrogen-bond acceptors (Lipinski definition) is 5. The van der Waals surface area contributed by atoms with Crippen LogP contribution in [0.15, 0.2) is 18.3 Å². The fourth-order valence-electron chi connectivity index (χ4n) is 3.46. The fraction of sp³-hybridized carbons (Fsp3) is 0.615. The van der Waals surface area contributed by atoms with Crippen molar-refractivity contribution in [3.8, 4) is 0 Å². The lowest BCUT2D eigenvalue weighted by Gasteiger charge is -2.36. The van der Waals surface area contributed by atoms with Gasteiger partial charge in [0.1, 0.15) is 12.0 Å². The molecule has 3 rings (SSSR count). The normalized spacial score (nSPS) is 28.4. The van der Waals surface area contributed by atoms with Crippen molar-refractivity contribution in [1.82, 2.24) is 10.3 Å². The van der Waals surface area contributed by atoms with Crippen LogP contribution < -0.4 is 10.2 Å². The van der Waals surface area contributed by atoms with Crippen LogP contribution in [0.2, 0.25) is 0 Å². The van der Waals surface area contributed by atoms with Crippen molar-refractivity contribution < 1.29 is 4.92 Å². The van der Waals surface area contributed by atoms with Gasteiger partial charge in [0.2, 0.25) is 0 Å². The van der Waals surface area contributed by atoms with Crippen molar-refractivity contribution in [2.75, 3.05) is 24.5 Å². The first-order valence-electron chi connectivity index (χ1n) is 6.59. The quantitative estimate of drug-likeness (QED) is 0.644. The summed E-state index contributed by atoms with van der Waals surface area (Å²) in [6, 6.07) is 3.29. The number of nitrogens with zero attached hydrogens (tertiary/aromatic N) is 3. The number of nitro groups is 1. The number of fused-ring (bicyclic) bond motifs is 1. The number of anilines is 1. The minimum atomic E-state index is -0.412. The van der Waals surface area contributed by atoms with Crippen molar-refractivity contribution in [3.05, 3.63) is 28.4 Å². The third-order valence-electron chi connectivity index (χ3n) is 4.58. The molecule has 2 fully saturated rings. The lowest BCUT2D eigenvalue weighted by Crippen LogP contribution is -2.45. The Morgan fingerprint density at radius 3 is 2.84 bits per heavy atom. The lowest BCUT2D eigenvalue weighted by molar-refractivity contribution is -0.385. The van der Waals surface area contributed by atoms with Gasteiger partial charge < -0.3 is 10.2 Å². The van der Waals surface area contributed by atoms with Crippen LogP contribution in [-0.2, 0) is 0 Å². The molecule has 2 aliphatic rings. The van der Waals surface area contributed by atoms with Gasteiger partial charge in [-0.05, 0) is 31.7 Å². The summed E-state index contributed by atoms with van der Waals surface area (Å²) in [6.07, 6.45) is 1.35. The van der Waals surface area contributed by atoms with Crippen LogP contribution in [0, 0.1) is 22.0 Å². The largest absolute Gasteiger partial charge is 0.351 e. The fourth-order valence-corrected chi connectivity index (χ4v) is 3.46. The van der Waals surface area contributed by atoms with Crippen LogP contribution in [0.4, 0.5) is 11.5 Å². The Morgan fingerprint density at radius 1 is 1.47 bits per heavy atom. The van der Waals surface area contributed by atoms with E-state index in [2.05, 4.69) is 29.0 Å². The molecule has 0 bridgehead atoms. The van der Waals surface area contributed by atoms with E-state index in [-0.39, 0.29) is 11.2 Å². The summed E-state index contributed by atoms with van der Waals surface area (Å²) in [5, 5.41) is 14.1. The first kappa shape index (κ1) is 12.3.